The zero-order valence-corrected chi connectivity index (χ0v) is 18.9. The smallest absolute Gasteiger partial charge is 0.321 e. The van der Waals surface area contributed by atoms with Crippen LogP contribution in [0.2, 0.25) is 0 Å². The second kappa shape index (κ2) is 12.1. The minimum Gasteiger partial charge on any atom is -0.494 e. The Morgan fingerprint density at radius 3 is 2.72 bits per heavy atom. The molecule has 1 heterocycles. The van der Waals surface area contributed by atoms with Gasteiger partial charge in [-0.25, -0.2) is 4.79 Å². The molecule has 1 fully saturated rings. The molecule has 1 saturated heterocycles. The summed E-state index contributed by atoms with van der Waals surface area (Å²) in [5.41, 5.74) is 2.48. The summed E-state index contributed by atoms with van der Waals surface area (Å²) in [5.74, 6) is 0.908. The number of benzene rings is 2. The second-order valence-corrected chi connectivity index (χ2v) is 7.90. The van der Waals surface area contributed by atoms with E-state index in [2.05, 4.69) is 10.6 Å². The third-order valence-corrected chi connectivity index (χ3v) is 5.56. The van der Waals surface area contributed by atoms with Crippen LogP contribution in [0.3, 0.4) is 0 Å². The summed E-state index contributed by atoms with van der Waals surface area (Å²) in [6.07, 6.45) is 2.70. The predicted molar refractivity (Wildman–Crippen MR) is 125 cm³/mol. The lowest BCUT2D eigenvalue weighted by atomic mass is 9.89. The molecular formula is C25H33N3O4. The van der Waals surface area contributed by atoms with E-state index in [0.717, 1.165) is 42.8 Å². The maximum absolute atomic E-state index is 12.8. The highest BCUT2D eigenvalue weighted by Gasteiger charge is 2.25. The minimum atomic E-state index is -0.106. The van der Waals surface area contributed by atoms with Crippen molar-refractivity contribution >= 4 is 17.6 Å². The Hall–Kier alpha value is -3.06. The standard InChI is InChI=1S/C25H33N3O4/c1-3-32-23-12-10-22(11-13-23)27-25(30)28-15-5-9-21(18-28)19-7-4-8-20(17-19)24(29)26-14-6-16-31-2/h4,7-8,10-13,17,21H,3,5-6,9,14-16,18H2,1-2H3,(H,26,29)(H,27,30)/t21-/m0/s1. The molecule has 0 radical (unpaired) electrons. The van der Waals surface area contributed by atoms with Gasteiger partial charge in [-0.15, -0.1) is 0 Å². The van der Waals surface area contributed by atoms with E-state index in [9.17, 15) is 9.59 Å². The molecule has 0 spiro atoms. The highest BCUT2D eigenvalue weighted by molar-refractivity contribution is 5.94. The van der Waals surface area contributed by atoms with Crippen LogP contribution in [0.25, 0.3) is 0 Å². The number of rotatable bonds is 9. The van der Waals surface area contributed by atoms with Gasteiger partial charge in [0.15, 0.2) is 0 Å². The molecule has 7 heteroatoms. The van der Waals surface area contributed by atoms with Crippen LogP contribution in [0, 0.1) is 0 Å². The topological polar surface area (TPSA) is 79.9 Å². The van der Waals surface area contributed by atoms with Gasteiger partial charge in [0.25, 0.3) is 5.91 Å². The van der Waals surface area contributed by atoms with Gasteiger partial charge in [0.1, 0.15) is 5.75 Å². The first-order chi connectivity index (χ1) is 15.6. The number of ether oxygens (including phenoxy) is 2. The van der Waals surface area contributed by atoms with E-state index >= 15 is 0 Å². The van der Waals surface area contributed by atoms with Crippen LogP contribution in [0.1, 0.15) is 48.0 Å². The lowest BCUT2D eigenvalue weighted by Crippen LogP contribution is -2.41. The van der Waals surface area contributed by atoms with Gasteiger partial charge < -0.3 is 25.0 Å². The molecule has 172 valence electrons. The van der Waals surface area contributed by atoms with Crippen molar-refractivity contribution in [2.75, 3.05) is 45.3 Å². The van der Waals surface area contributed by atoms with Crippen molar-refractivity contribution < 1.29 is 19.1 Å². The molecule has 3 rings (SSSR count). The monoisotopic (exact) mass is 439 g/mol. The number of methoxy groups -OCH3 is 1. The average molecular weight is 440 g/mol. The number of nitrogens with zero attached hydrogens (tertiary/aromatic N) is 1. The Balaban J connectivity index is 1.58. The van der Waals surface area contributed by atoms with Crippen LogP contribution in [-0.4, -0.2) is 56.8 Å². The van der Waals surface area contributed by atoms with Crippen molar-refractivity contribution in [1.82, 2.24) is 10.2 Å². The van der Waals surface area contributed by atoms with Gasteiger partial charge in [0, 0.05) is 50.5 Å². The van der Waals surface area contributed by atoms with Crippen LogP contribution < -0.4 is 15.4 Å². The molecule has 0 unspecified atom stereocenters. The Morgan fingerprint density at radius 2 is 1.97 bits per heavy atom. The molecule has 0 bridgehead atoms. The van der Waals surface area contributed by atoms with E-state index in [-0.39, 0.29) is 17.9 Å². The maximum Gasteiger partial charge on any atom is 0.321 e. The number of piperidine rings is 1. The molecule has 32 heavy (non-hydrogen) atoms. The summed E-state index contributed by atoms with van der Waals surface area (Å²) in [6, 6.07) is 15.0. The molecular weight excluding hydrogens is 406 g/mol. The number of hydrogen-bond donors (Lipinski definition) is 2. The highest BCUT2D eigenvalue weighted by Crippen LogP contribution is 2.28. The number of urea groups is 1. The van der Waals surface area contributed by atoms with Gasteiger partial charge in [0.05, 0.1) is 6.61 Å². The van der Waals surface area contributed by atoms with Gasteiger partial charge in [-0.3, -0.25) is 4.79 Å². The Labute approximate surface area is 190 Å². The number of nitrogens with one attached hydrogen (secondary N) is 2. The summed E-state index contributed by atoms with van der Waals surface area (Å²) in [4.78, 5) is 27.1. The van der Waals surface area contributed by atoms with Gasteiger partial charge >= 0.3 is 6.03 Å². The maximum atomic E-state index is 12.8. The first kappa shape index (κ1) is 23.6. The Bertz CT molecular complexity index is 885. The zero-order valence-electron chi connectivity index (χ0n) is 18.9. The van der Waals surface area contributed by atoms with Gasteiger partial charge in [0.2, 0.25) is 0 Å². The number of hydrogen-bond acceptors (Lipinski definition) is 4. The molecule has 1 aliphatic rings. The fourth-order valence-corrected chi connectivity index (χ4v) is 3.89. The Kier molecular flexibility index (Phi) is 8.92. The van der Waals surface area contributed by atoms with Crippen molar-refractivity contribution in [3.63, 3.8) is 0 Å². The second-order valence-electron chi connectivity index (χ2n) is 7.90. The van der Waals surface area contributed by atoms with Gasteiger partial charge in [-0.1, -0.05) is 12.1 Å². The lowest BCUT2D eigenvalue weighted by Gasteiger charge is -2.33. The zero-order chi connectivity index (χ0) is 22.8. The third kappa shape index (κ3) is 6.72. The van der Waals surface area contributed by atoms with Crippen molar-refractivity contribution in [2.45, 2.75) is 32.1 Å². The van der Waals surface area contributed by atoms with Crippen LogP contribution >= 0.6 is 0 Å². The highest BCUT2D eigenvalue weighted by atomic mass is 16.5. The van der Waals surface area contributed by atoms with Crippen LogP contribution in [0.15, 0.2) is 48.5 Å². The predicted octanol–water partition coefficient (Wildman–Crippen LogP) is 4.26. The van der Waals surface area contributed by atoms with E-state index in [1.165, 1.54) is 0 Å². The third-order valence-electron chi connectivity index (χ3n) is 5.56. The van der Waals surface area contributed by atoms with Gasteiger partial charge in [-0.2, -0.15) is 0 Å². The van der Waals surface area contributed by atoms with Crippen LogP contribution in [0.4, 0.5) is 10.5 Å². The van der Waals surface area contributed by atoms with E-state index in [4.69, 9.17) is 9.47 Å². The first-order valence-corrected chi connectivity index (χ1v) is 11.3. The summed E-state index contributed by atoms with van der Waals surface area (Å²) in [7, 11) is 1.65. The van der Waals surface area contributed by atoms with E-state index < -0.39 is 0 Å². The molecule has 2 N–H and O–H groups in total. The fraction of sp³-hybridized carbons (Fsp3) is 0.440. The largest absolute Gasteiger partial charge is 0.494 e. The lowest BCUT2D eigenvalue weighted by molar-refractivity contribution is 0.0948. The molecule has 0 aliphatic carbocycles. The summed E-state index contributed by atoms with van der Waals surface area (Å²) >= 11 is 0. The molecule has 2 aromatic carbocycles. The normalized spacial score (nSPS) is 15.8. The van der Waals surface area contributed by atoms with Crippen LogP contribution in [-0.2, 0) is 4.74 Å². The fourth-order valence-electron chi connectivity index (χ4n) is 3.89. The summed E-state index contributed by atoms with van der Waals surface area (Å²) in [5, 5.41) is 5.90. The summed E-state index contributed by atoms with van der Waals surface area (Å²) in [6.45, 7) is 5.10. The molecule has 2 aromatic rings. The van der Waals surface area contributed by atoms with Crippen molar-refractivity contribution in [1.29, 1.82) is 0 Å². The number of carbonyl (C=O) groups excluding carboxylic acids is 2. The van der Waals surface area contributed by atoms with E-state index in [1.807, 2.05) is 60.4 Å². The van der Waals surface area contributed by atoms with E-state index in [1.54, 1.807) is 7.11 Å². The minimum absolute atomic E-state index is 0.0798. The quantitative estimate of drug-likeness (QED) is 0.572. The molecule has 1 atom stereocenters. The van der Waals surface area contributed by atoms with Crippen molar-refractivity contribution in [3.8, 4) is 5.75 Å². The molecule has 7 nitrogen and oxygen atoms in total. The molecule has 3 amide bonds. The average Bonchev–Trinajstić information content (AvgIpc) is 2.83. The first-order valence-electron chi connectivity index (χ1n) is 11.3. The SMILES string of the molecule is CCOc1ccc(NC(=O)N2CCC[C@H](c3cccc(C(=O)NCCCOC)c3)C2)cc1. The Morgan fingerprint density at radius 1 is 1.16 bits per heavy atom. The number of anilines is 1. The molecule has 1 aliphatic heterocycles. The number of amides is 3. The molecule has 0 aromatic heterocycles. The van der Waals surface area contributed by atoms with Crippen molar-refractivity contribution in [3.05, 3.63) is 59.7 Å². The summed E-state index contributed by atoms with van der Waals surface area (Å²) < 4.78 is 10.5. The van der Waals surface area contributed by atoms with Gasteiger partial charge in [-0.05, 0) is 68.1 Å². The van der Waals surface area contributed by atoms with Crippen LogP contribution in [0.5, 0.6) is 5.75 Å². The number of likely N-dealkylation sites (tertiary alicyclic amines) is 1. The van der Waals surface area contributed by atoms with Crippen molar-refractivity contribution in [2.24, 2.45) is 0 Å². The van der Waals surface area contributed by atoms with E-state index in [0.29, 0.717) is 31.9 Å². The number of carbonyl (C=O) groups is 2. The molecule has 0 saturated carbocycles.